The molecule has 2 aliphatic heterocycles. The van der Waals surface area contributed by atoms with Gasteiger partial charge in [-0.25, -0.2) is 4.98 Å². The van der Waals surface area contributed by atoms with E-state index in [2.05, 4.69) is 14.8 Å². The minimum atomic E-state index is -0.0580. The Kier molecular flexibility index (Phi) is 7.19. The van der Waals surface area contributed by atoms with Crippen molar-refractivity contribution in [3.63, 3.8) is 0 Å². The first-order chi connectivity index (χ1) is 15.6. The highest BCUT2D eigenvalue weighted by atomic mass is 16.5. The molecular formula is C24H34N4O4. The molecule has 0 bridgehead atoms. The van der Waals surface area contributed by atoms with Crippen molar-refractivity contribution in [3.05, 3.63) is 39.8 Å². The molecule has 0 radical (unpaired) electrons. The number of methoxy groups -OCH3 is 3. The number of aromatic amines is 1. The molecule has 3 heterocycles. The van der Waals surface area contributed by atoms with Gasteiger partial charge in [-0.15, -0.1) is 0 Å². The Labute approximate surface area is 189 Å². The summed E-state index contributed by atoms with van der Waals surface area (Å²) in [6, 6.07) is 5.69. The molecule has 8 heteroatoms. The molecule has 0 amide bonds. The van der Waals surface area contributed by atoms with Crippen LogP contribution < -0.4 is 24.7 Å². The number of likely N-dealkylation sites (tertiary alicyclic amines) is 1. The maximum absolute atomic E-state index is 12.4. The number of hydrogen-bond acceptors (Lipinski definition) is 7. The first-order valence-electron chi connectivity index (χ1n) is 11.5. The number of nitrogens with one attached hydrogen (secondary N) is 1. The molecule has 1 N–H and O–H groups in total. The van der Waals surface area contributed by atoms with Crippen LogP contribution in [0.1, 0.15) is 49.3 Å². The minimum Gasteiger partial charge on any atom is -0.493 e. The number of H-pyrrole nitrogens is 1. The summed E-state index contributed by atoms with van der Waals surface area (Å²) in [6.07, 6.45) is 5.67. The predicted octanol–water partition coefficient (Wildman–Crippen LogP) is 3.17. The highest BCUT2D eigenvalue weighted by molar-refractivity contribution is 5.53. The SMILES string of the molecule is COc1cc(CN2CCCC(c3cc(=O)[nH]c(N4CCCCC4)n3)C2)cc(OC)c1OC. The Bertz CT molecular complexity index is 946. The maximum atomic E-state index is 12.4. The van der Waals surface area contributed by atoms with Crippen molar-refractivity contribution in [1.29, 1.82) is 0 Å². The van der Waals surface area contributed by atoms with Crippen LogP contribution in [0.2, 0.25) is 0 Å². The van der Waals surface area contributed by atoms with E-state index in [1.807, 2.05) is 12.1 Å². The first-order valence-corrected chi connectivity index (χ1v) is 11.5. The van der Waals surface area contributed by atoms with Gasteiger partial charge < -0.3 is 19.1 Å². The molecule has 2 aliphatic rings. The lowest BCUT2D eigenvalue weighted by Crippen LogP contribution is -2.36. The van der Waals surface area contributed by atoms with Crippen molar-refractivity contribution in [2.24, 2.45) is 0 Å². The standard InChI is InChI=1S/C24H34N4O4/c1-30-20-12-17(13-21(31-2)23(20)32-3)15-27-9-7-8-18(16-27)19-14-22(29)26-24(25-19)28-10-5-4-6-11-28/h12-14,18H,4-11,15-16H2,1-3H3,(H,25,26,29). The number of piperidine rings is 2. The lowest BCUT2D eigenvalue weighted by atomic mass is 9.94. The zero-order chi connectivity index (χ0) is 22.5. The fourth-order valence-corrected chi connectivity index (χ4v) is 4.85. The Morgan fingerprint density at radius 3 is 2.34 bits per heavy atom. The third-order valence-corrected chi connectivity index (χ3v) is 6.46. The smallest absolute Gasteiger partial charge is 0.252 e. The van der Waals surface area contributed by atoms with E-state index in [4.69, 9.17) is 19.2 Å². The van der Waals surface area contributed by atoms with Crippen molar-refractivity contribution in [3.8, 4) is 17.2 Å². The van der Waals surface area contributed by atoms with Crippen LogP contribution in [0, 0.1) is 0 Å². The molecule has 8 nitrogen and oxygen atoms in total. The molecule has 174 valence electrons. The second kappa shape index (κ2) is 10.3. The van der Waals surface area contributed by atoms with Gasteiger partial charge in [-0.2, -0.15) is 0 Å². The summed E-state index contributed by atoms with van der Waals surface area (Å²) in [5.74, 6) is 2.91. The van der Waals surface area contributed by atoms with Crippen LogP contribution in [0.25, 0.3) is 0 Å². The Balaban J connectivity index is 1.51. The summed E-state index contributed by atoms with van der Waals surface area (Å²) in [7, 11) is 4.88. The molecule has 0 aliphatic carbocycles. The Hall–Kier alpha value is -2.74. The fraction of sp³-hybridized carbons (Fsp3) is 0.583. The zero-order valence-corrected chi connectivity index (χ0v) is 19.4. The largest absolute Gasteiger partial charge is 0.493 e. The van der Waals surface area contributed by atoms with Crippen LogP contribution in [0.4, 0.5) is 5.95 Å². The van der Waals surface area contributed by atoms with Gasteiger partial charge in [0.2, 0.25) is 11.7 Å². The Morgan fingerprint density at radius 2 is 1.69 bits per heavy atom. The van der Waals surface area contributed by atoms with Crippen molar-refractivity contribution in [2.45, 2.75) is 44.6 Å². The average molecular weight is 443 g/mol. The van der Waals surface area contributed by atoms with Gasteiger partial charge in [-0.1, -0.05) is 0 Å². The van der Waals surface area contributed by atoms with E-state index < -0.39 is 0 Å². The van der Waals surface area contributed by atoms with Gasteiger partial charge in [0.25, 0.3) is 5.56 Å². The molecule has 1 aromatic heterocycles. The fourth-order valence-electron chi connectivity index (χ4n) is 4.85. The summed E-state index contributed by atoms with van der Waals surface area (Å²) in [5.41, 5.74) is 1.95. The van der Waals surface area contributed by atoms with Gasteiger partial charge in [0.15, 0.2) is 11.5 Å². The van der Waals surface area contributed by atoms with Gasteiger partial charge in [0, 0.05) is 38.2 Å². The molecule has 2 aromatic rings. The molecule has 2 fully saturated rings. The Morgan fingerprint density at radius 1 is 0.969 bits per heavy atom. The van der Waals surface area contributed by atoms with Crippen LogP contribution in [0.5, 0.6) is 17.2 Å². The van der Waals surface area contributed by atoms with Gasteiger partial charge in [-0.3, -0.25) is 14.7 Å². The van der Waals surface area contributed by atoms with Crippen LogP contribution in [0.15, 0.2) is 23.0 Å². The average Bonchev–Trinajstić information content (AvgIpc) is 2.83. The molecule has 1 unspecified atom stereocenters. The summed E-state index contributed by atoms with van der Waals surface area (Å²) in [5, 5.41) is 0. The second-order valence-corrected chi connectivity index (χ2v) is 8.65. The zero-order valence-electron chi connectivity index (χ0n) is 19.4. The van der Waals surface area contributed by atoms with Crippen LogP contribution in [-0.2, 0) is 6.54 Å². The molecule has 1 atom stereocenters. The minimum absolute atomic E-state index is 0.0580. The third-order valence-electron chi connectivity index (χ3n) is 6.46. The van der Waals surface area contributed by atoms with Crippen LogP contribution >= 0.6 is 0 Å². The number of nitrogens with zero attached hydrogens (tertiary/aromatic N) is 3. The molecule has 32 heavy (non-hydrogen) atoms. The monoisotopic (exact) mass is 442 g/mol. The van der Waals surface area contributed by atoms with Crippen molar-refractivity contribution in [2.75, 3.05) is 52.4 Å². The van der Waals surface area contributed by atoms with Gasteiger partial charge in [-0.05, 0) is 56.3 Å². The molecule has 4 rings (SSSR count). The van der Waals surface area contributed by atoms with E-state index in [0.29, 0.717) is 17.2 Å². The highest BCUT2D eigenvalue weighted by Crippen LogP contribution is 2.39. The van der Waals surface area contributed by atoms with E-state index in [1.165, 1.54) is 6.42 Å². The summed E-state index contributed by atoms with van der Waals surface area (Å²) >= 11 is 0. The number of ether oxygens (including phenoxy) is 3. The van der Waals surface area contributed by atoms with E-state index in [9.17, 15) is 4.79 Å². The lowest BCUT2D eigenvalue weighted by molar-refractivity contribution is 0.198. The number of aromatic nitrogens is 2. The van der Waals surface area contributed by atoms with Crippen molar-refractivity contribution < 1.29 is 14.2 Å². The molecule has 2 saturated heterocycles. The topological polar surface area (TPSA) is 79.9 Å². The number of benzene rings is 1. The molecule has 1 aromatic carbocycles. The number of anilines is 1. The van der Waals surface area contributed by atoms with Crippen LogP contribution in [-0.4, -0.2) is 62.4 Å². The van der Waals surface area contributed by atoms with E-state index in [1.54, 1.807) is 27.4 Å². The van der Waals surface area contributed by atoms with E-state index >= 15 is 0 Å². The first kappa shape index (κ1) is 22.5. The summed E-state index contributed by atoms with van der Waals surface area (Å²) in [4.78, 5) is 24.9. The number of hydrogen-bond donors (Lipinski definition) is 1. The third kappa shape index (κ3) is 5.01. The van der Waals surface area contributed by atoms with Gasteiger partial charge in [0.1, 0.15) is 0 Å². The molecular weight excluding hydrogens is 408 g/mol. The lowest BCUT2D eigenvalue weighted by Gasteiger charge is -2.33. The highest BCUT2D eigenvalue weighted by Gasteiger charge is 2.25. The maximum Gasteiger partial charge on any atom is 0.252 e. The van der Waals surface area contributed by atoms with Crippen molar-refractivity contribution in [1.82, 2.24) is 14.9 Å². The summed E-state index contributed by atoms with van der Waals surface area (Å²) in [6.45, 7) is 4.58. The molecule has 0 spiro atoms. The second-order valence-electron chi connectivity index (χ2n) is 8.65. The van der Waals surface area contributed by atoms with Crippen LogP contribution in [0.3, 0.4) is 0 Å². The van der Waals surface area contributed by atoms with Crippen molar-refractivity contribution >= 4 is 5.95 Å². The van der Waals surface area contributed by atoms with Gasteiger partial charge in [0.05, 0.1) is 27.0 Å². The number of rotatable bonds is 7. The van der Waals surface area contributed by atoms with E-state index in [0.717, 1.165) is 75.6 Å². The quantitative estimate of drug-likeness (QED) is 0.705. The predicted molar refractivity (Wildman–Crippen MR) is 124 cm³/mol. The summed E-state index contributed by atoms with van der Waals surface area (Å²) < 4.78 is 16.5. The van der Waals surface area contributed by atoms with E-state index in [-0.39, 0.29) is 11.5 Å². The molecule has 0 saturated carbocycles. The van der Waals surface area contributed by atoms with Gasteiger partial charge >= 0.3 is 0 Å². The normalized spacial score (nSPS) is 19.6.